The van der Waals surface area contributed by atoms with Crippen molar-refractivity contribution in [2.45, 2.75) is 63.3 Å². The van der Waals surface area contributed by atoms with E-state index < -0.39 is 10.0 Å². The highest BCUT2D eigenvalue weighted by molar-refractivity contribution is 7.89. The van der Waals surface area contributed by atoms with Crippen molar-refractivity contribution in [2.24, 2.45) is 5.92 Å². The number of fused-ring (bicyclic) bond motifs is 2. The molecule has 2 aliphatic rings. The van der Waals surface area contributed by atoms with E-state index in [-0.39, 0.29) is 28.2 Å². The van der Waals surface area contributed by atoms with Gasteiger partial charge in [0.05, 0.1) is 4.90 Å². The predicted octanol–water partition coefficient (Wildman–Crippen LogP) is 4.32. The van der Waals surface area contributed by atoms with Crippen molar-refractivity contribution < 1.29 is 13.2 Å². The Balaban J connectivity index is 1.67. The SMILES string of the molecule is CC(C)C(=O)N1CC(C)(C)c2cc(S(=O)(=O)NC3CCCc4ccccc43)ccc21. The Morgan fingerprint density at radius 2 is 1.90 bits per heavy atom. The molecule has 1 amide bonds. The van der Waals surface area contributed by atoms with E-state index in [4.69, 9.17) is 0 Å². The van der Waals surface area contributed by atoms with Crippen molar-refractivity contribution >= 4 is 21.6 Å². The average Bonchev–Trinajstić information content (AvgIpc) is 2.98. The lowest BCUT2D eigenvalue weighted by Crippen LogP contribution is -2.36. The van der Waals surface area contributed by atoms with Gasteiger partial charge in [0, 0.05) is 29.6 Å². The van der Waals surface area contributed by atoms with Crippen molar-refractivity contribution in [1.82, 2.24) is 4.72 Å². The van der Waals surface area contributed by atoms with E-state index in [2.05, 4.69) is 24.6 Å². The smallest absolute Gasteiger partial charge is 0.241 e. The molecule has 0 saturated carbocycles. The van der Waals surface area contributed by atoms with Crippen LogP contribution in [-0.2, 0) is 26.7 Å². The van der Waals surface area contributed by atoms with Crippen molar-refractivity contribution in [2.75, 3.05) is 11.4 Å². The van der Waals surface area contributed by atoms with Crippen molar-refractivity contribution in [1.29, 1.82) is 0 Å². The van der Waals surface area contributed by atoms with E-state index in [1.54, 1.807) is 23.1 Å². The molecule has 0 radical (unpaired) electrons. The Bertz CT molecular complexity index is 1090. The number of nitrogens with zero attached hydrogens (tertiary/aromatic N) is 1. The number of hydrogen-bond acceptors (Lipinski definition) is 3. The second-order valence-electron chi connectivity index (χ2n) is 9.41. The summed E-state index contributed by atoms with van der Waals surface area (Å²) in [6.07, 6.45) is 2.75. The lowest BCUT2D eigenvalue weighted by molar-refractivity contribution is -0.121. The molecule has 1 aliphatic heterocycles. The van der Waals surface area contributed by atoms with Crippen LogP contribution in [0.4, 0.5) is 5.69 Å². The molecule has 0 spiro atoms. The molecule has 1 N–H and O–H groups in total. The Labute approximate surface area is 179 Å². The standard InChI is InChI=1S/C24H30N2O3S/c1-16(2)23(27)26-15-24(3,4)20-14-18(12-13-22(20)26)30(28,29)25-21-11-7-9-17-8-5-6-10-19(17)21/h5-6,8,10,12-14,16,21,25H,7,9,11,15H2,1-4H3. The lowest BCUT2D eigenvalue weighted by Gasteiger charge is -2.26. The molecule has 1 unspecified atom stereocenters. The maximum absolute atomic E-state index is 13.3. The number of carbonyl (C=O) groups is 1. The summed E-state index contributed by atoms with van der Waals surface area (Å²) in [5.74, 6) is -0.0439. The molecular formula is C24H30N2O3S. The molecule has 0 aromatic heterocycles. The quantitative estimate of drug-likeness (QED) is 0.792. The van der Waals surface area contributed by atoms with Gasteiger partial charge in [0.15, 0.2) is 0 Å². The zero-order valence-electron chi connectivity index (χ0n) is 18.1. The van der Waals surface area contributed by atoms with Crippen LogP contribution in [0, 0.1) is 5.92 Å². The number of aryl methyl sites for hydroxylation is 1. The fourth-order valence-corrected chi connectivity index (χ4v) is 5.94. The third-order valence-corrected chi connectivity index (χ3v) is 7.75. The fraction of sp³-hybridized carbons (Fsp3) is 0.458. The fourth-order valence-electron chi connectivity index (χ4n) is 4.67. The van der Waals surface area contributed by atoms with Crippen LogP contribution in [0.5, 0.6) is 0 Å². The number of carbonyl (C=O) groups excluding carboxylic acids is 1. The molecule has 1 aliphatic carbocycles. The number of anilines is 1. The van der Waals surface area contributed by atoms with Crippen LogP contribution in [-0.4, -0.2) is 20.9 Å². The zero-order valence-corrected chi connectivity index (χ0v) is 18.9. The summed E-state index contributed by atoms with van der Waals surface area (Å²) >= 11 is 0. The largest absolute Gasteiger partial charge is 0.311 e. The van der Waals surface area contributed by atoms with E-state index in [1.165, 1.54) is 5.56 Å². The Hall–Kier alpha value is -2.18. The molecule has 160 valence electrons. The van der Waals surface area contributed by atoms with Crippen LogP contribution in [0.15, 0.2) is 47.4 Å². The maximum Gasteiger partial charge on any atom is 0.241 e. The molecular weight excluding hydrogens is 396 g/mol. The van der Waals surface area contributed by atoms with Crippen LogP contribution < -0.4 is 9.62 Å². The van der Waals surface area contributed by atoms with Gasteiger partial charge in [-0.2, -0.15) is 0 Å². The minimum atomic E-state index is -3.68. The summed E-state index contributed by atoms with van der Waals surface area (Å²) < 4.78 is 29.4. The molecule has 1 atom stereocenters. The molecule has 5 nitrogen and oxygen atoms in total. The molecule has 2 aromatic carbocycles. The summed E-state index contributed by atoms with van der Waals surface area (Å²) in [4.78, 5) is 14.7. The molecule has 0 fully saturated rings. The van der Waals surface area contributed by atoms with E-state index in [1.807, 2.05) is 32.0 Å². The number of nitrogens with one attached hydrogen (secondary N) is 1. The summed E-state index contributed by atoms with van der Waals surface area (Å²) in [5.41, 5.74) is 3.71. The van der Waals surface area contributed by atoms with E-state index in [0.29, 0.717) is 6.54 Å². The third kappa shape index (κ3) is 3.67. The number of amides is 1. The zero-order chi connectivity index (χ0) is 21.7. The van der Waals surface area contributed by atoms with Gasteiger partial charge < -0.3 is 4.90 Å². The van der Waals surface area contributed by atoms with Gasteiger partial charge in [0.1, 0.15) is 0 Å². The second-order valence-corrected chi connectivity index (χ2v) is 11.1. The Kier molecular flexibility index (Phi) is 5.27. The van der Waals surface area contributed by atoms with Crippen molar-refractivity contribution in [3.63, 3.8) is 0 Å². The minimum absolute atomic E-state index is 0.0642. The van der Waals surface area contributed by atoms with Crippen molar-refractivity contribution in [3.8, 4) is 0 Å². The van der Waals surface area contributed by atoms with E-state index in [0.717, 1.165) is 36.1 Å². The van der Waals surface area contributed by atoms with Gasteiger partial charge in [0.2, 0.25) is 15.9 Å². The van der Waals surface area contributed by atoms with Crippen LogP contribution >= 0.6 is 0 Å². The van der Waals surface area contributed by atoms with Gasteiger partial charge in [-0.25, -0.2) is 13.1 Å². The van der Waals surface area contributed by atoms with Crippen molar-refractivity contribution in [3.05, 3.63) is 59.2 Å². The van der Waals surface area contributed by atoms with Gasteiger partial charge in [-0.05, 0) is 54.2 Å². The summed E-state index contributed by atoms with van der Waals surface area (Å²) in [6, 6.07) is 13.0. The second kappa shape index (κ2) is 7.50. The van der Waals surface area contributed by atoms with Crippen LogP contribution in [0.1, 0.15) is 63.3 Å². The molecule has 30 heavy (non-hydrogen) atoms. The molecule has 0 saturated heterocycles. The van der Waals surface area contributed by atoms with Crippen LogP contribution in [0.3, 0.4) is 0 Å². The molecule has 6 heteroatoms. The summed E-state index contributed by atoms with van der Waals surface area (Å²) in [6.45, 7) is 8.45. The first-order chi connectivity index (χ1) is 14.1. The number of hydrogen-bond donors (Lipinski definition) is 1. The molecule has 1 heterocycles. The topological polar surface area (TPSA) is 66.5 Å². The average molecular weight is 427 g/mol. The summed E-state index contributed by atoms with van der Waals surface area (Å²) in [5, 5.41) is 0. The van der Waals surface area contributed by atoms with Gasteiger partial charge in [-0.15, -0.1) is 0 Å². The molecule has 0 bridgehead atoms. The first-order valence-corrected chi connectivity index (χ1v) is 12.1. The van der Waals surface area contributed by atoms with Crippen LogP contribution in [0.2, 0.25) is 0 Å². The maximum atomic E-state index is 13.3. The first-order valence-electron chi connectivity index (χ1n) is 10.7. The molecule has 4 rings (SSSR count). The lowest BCUT2D eigenvalue weighted by atomic mass is 9.87. The number of rotatable bonds is 4. The molecule has 2 aromatic rings. The monoisotopic (exact) mass is 426 g/mol. The number of benzene rings is 2. The Morgan fingerprint density at radius 1 is 1.17 bits per heavy atom. The summed E-state index contributed by atoms with van der Waals surface area (Å²) in [7, 11) is -3.68. The van der Waals surface area contributed by atoms with Gasteiger partial charge in [-0.3, -0.25) is 4.79 Å². The van der Waals surface area contributed by atoms with Gasteiger partial charge >= 0.3 is 0 Å². The van der Waals surface area contributed by atoms with Gasteiger partial charge in [-0.1, -0.05) is 52.0 Å². The van der Waals surface area contributed by atoms with E-state index in [9.17, 15) is 13.2 Å². The third-order valence-electron chi connectivity index (χ3n) is 6.28. The first kappa shape index (κ1) is 21.1. The minimum Gasteiger partial charge on any atom is -0.311 e. The highest BCUT2D eigenvalue weighted by atomic mass is 32.2. The van der Waals surface area contributed by atoms with E-state index >= 15 is 0 Å². The van der Waals surface area contributed by atoms with Gasteiger partial charge in [0.25, 0.3) is 0 Å². The normalized spacial score (nSPS) is 20.2. The van der Waals surface area contributed by atoms with Crippen LogP contribution in [0.25, 0.3) is 0 Å². The number of sulfonamides is 1. The highest BCUT2D eigenvalue weighted by Gasteiger charge is 2.39. The Morgan fingerprint density at radius 3 is 2.63 bits per heavy atom. The highest BCUT2D eigenvalue weighted by Crippen LogP contribution is 2.42. The predicted molar refractivity (Wildman–Crippen MR) is 119 cm³/mol.